The van der Waals surface area contributed by atoms with Crippen LogP contribution in [0.5, 0.6) is 0 Å². The molecule has 2 amide bonds. The lowest BCUT2D eigenvalue weighted by molar-refractivity contribution is -0.137. The van der Waals surface area contributed by atoms with Crippen LogP contribution in [0.2, 0.25) is 0 Å². The van der Waals surface area contributed by atoms with Gasteiger partial charge in [-0.1, -0.05) is 42.5 Å². The van der Waals surface area contributed by atoms with Crippen molar-refractivity contribution in [3.05, 3.63) is 106 Å². The first-order valence-electron chi connectivity index (χ1n) is 14.7. The normalized spacial score (nSPS) is 16.9. The summed E-state index contributed by atoms with van der Waals surface area (Å²) in [7, 11) is 1.72. The number of carbonyl (C=O) groups excluding carboxylic acids is 2. The second-order valence-corrected chi connectivity index (χ2v) is 11.6. The number of hydrogen-bond donors (Lipinski definition) is 3. The maximum atomic E-state index is 13.4. The van der Waals surface area contributed by atoms with Crippen molar-refractivity contribution in [3.63, 3.8) is 0 Å². The van der Waals surface area contributed by atoms with Crippen LogP contribution in [-0.4, -0.2) is 60.8 Å². The zero-order valence-electron chi connectivity index (χ0n) is 25.4. The standard InChI is InChI=1S/C34H40F3N3O4/c1-22-17-26(19-27(18-22)32(43)40(4)24(3)25-9-6-5-7-10-25)31(42)39-23(2)30(41)21-38-33(13-15-44-16-14-33)28-11-8-12-29(20-28)34(35,36)37/h5-12,17-20,23-24,30,38,41H,13-16,21H2,1-4H3,(H,39,42)/t23-,24+,30+/m0/s1. The topological polar surface area (TPSA) is 90.9 Å². The highest BCUT2D eigenvalue weighted by Gasteiger charge is 2.38. The van der Waals surface area contributed by atoms with Gasteiger partial charge in [0, 0.05) is 43.5 Å². The van der Waals surface area contributed by atoms with Crippen LogP contribution >= 0.6 is 0 Å². The van der Waals surface area contributed by atoms with Crippen molar-refractivity contribution >= 4 is 11.8 Å². The van der Waals surface area contributed by atoms with Crippen LogP contribution in [0.15, 0.2) is 72.8 Å². The van der Waals surface area contributed by atoms with Gasteiger partial charge in [-0.25, -0.2) is 0 Å². The van der Waals surface area contributed by atoms with E-state index in [0.29, 0.717) is 37.2 Å². The Morgan fingerprint density at radius 3 is 2.30 bits per heavy atom. The minimum atomic E-state index is -4.48. The average Bonchev–Trinajstić information content (AvgIpc) is 3.02. The number of aryl methyl sites for hydroxylation is 1. The summed E-state index contributed by atoms with van der Waals surface area (Å²) in [6.45, 7) is 6.14. The van der Waals surface area contributed by atoms with E-state index in [-0.39, 0.29) is 24.1 Å². The summed E-state index contributed by atoms with van der Waals surface area (Å²) in [5, 5.41) is 17.1. The highest BCUT2D eigenvalue weighted by atomic mass is 19.4. The number of amides is 2. The van der Waals surface area contributed by atoms with Crippen molar-refractivity contribution in [2.75, 3.05) is 26.8 Å². The number of carbonyl (C=O) groups is 2. The number of aliphatic hydroxyl groups is 1. The van der Waals surface area contributed by atoms with E-state index in [4.69, 9.17) is 4.74 Å². The van der Waals surface area contributed by atoms with Gasteiger partial charge < -0.3 is 25.4 Å². The zero-order chi connectivity index (χ0) is 32.1. The number of ether oxygens (including phenoxy) is 1. The first-order valence-corrected chi connectivity index (χ1v) is 14.7. The lowest BCUT2D eigenvalue weighted by Gasteiger charge is -2.40. The smallest absolute Gasteiger partial charge is 0.390 e. The minimum absolute atomic E-state index is 0.0252. The van der Waals surface area contributed by atoms with Crippen LogP contribution in [0, 0.1) is 6.92 Å². The van der Waals surface area contributed by atoms with E-state index < -0.39 is 35.3 Å². The van der Waals surface area contributed by atoms with Gasteiger partial charge >= 0.3 is 6.18 Å². The third-order valence-corrected chi connectivity index (χ3v) is 8.44. The van der Waals surface area contributed by atoms with E-state index in [1.165, 1.54) is 6.07 Å². The Hall–Kier alpha value is -3.73. The van der Waals surface area contributed by atoms with Gasteiger partial charge in [-0.05, 0) is 80.6 Å². The molecule has 1 heterocycles. The summed E-state index contributed by atoms with van der Waals surface area (Å²) < 4.78 is 45.8. The first kappa shape index (κ1) is 33.2. The highest BCUT2D eigenvalue weighted by Crippen LogP contribution is 2.36. The summed E-state index contributed by atoms with van der Waals surface area (Å²) >= 11 is 0. The largest absolute Gasteiger partial charge is 0.416 e. The van der Waals surface area contributed by atoms with E-state index in [0.717, 1.165) is 23.3 Å². The number of rotatable bonds is 10. The Morgan fingerprint density at radius 2 is 1.64 bits per heavy atom. The molecule has 3 aromatic rings. The van der Waals surface area contributed by atoms with Crippen molar-refractivity contribution in [3.8, 4) is 0 Å². The fourth-order valence-electron chi connectivity index (χ4n) is 5.52. The van der Waals surface area contributed by atoms with Gasteiger partial charge in [-0.2, -0.15) is 13.2 Å². The van der Waals surface area contributed by atoms with E-state index in [2.05, 4.69) is 10.6 Å². The molecule has 4 rings (SSSR count). The summed E-state index contributed by atoms with van der Waals surface area (Å²) in [5.74, 6) is -0.681. The molecule has 3 atom stereocenters. The van der Waals surface area contributed by atoms with E-state index in [1.54, 1.807) is 50.1 Å². The van der Waals surface area contributed by atoms with Crippen LogP contribution in [0.4, 0.5) is 13.2 Å². The Labute approximate surface area is 256 Å². The van der Waals surface area contributed by atoms with Crippen molar-refractivity contribution in [2.24, 2.45) is 0 Å². The Balaban J connectivity index is 1.43. The van der Waals surface area contributed by atoms with Gasteiger partial charge in [0.2, 0.25) is 0 Å². The second kappa shape index (κ2) is 13.9. The fraction of sp³-hybridized carbons (Fsp3) is 0.412. The molecule has 3 aromatic carbocycles. The molecule has 0 radical (unpaired) electrons. The number of alkyl halides is 3. The molecule has 0 aromatic heterocycles. The molecular formula is C34H40F3N3O4. The van der Waals surface area contributed by atoms with Gasteiger partial charge in [-0.15, -0.1) is 0 Å². The lowest BCUT2D eigenvalue weighted by Crippen LogP contribution is -2.53. The average molecular weight is 612 g/mol. The van der Waals surface area contributed by atoms with E-state index in [9.17, 15) is 27.9 Å². The highest BCUT2D eigenvalue weighted by molar-refractivity contribution is 6.00. The molecule has 0 spiro atoms. The molecule has 0 aliphatic carbocycles. The number of nitrogens with one attached hydrogen (secondary N) is 2. The molecule has 1 aliphatic rings. The van der Waals surface area contributed by atoms with Gasteiger partial charge in [0.25, 0.3) is 11.8 Å². The van der Waals surface area contributed by atoms with Crippen molar-refractivity contribution in [1.29, 1.82) is 0 Å². The van der Waals surface area contributed by atoms with Crippen LogP contribution in [0.25, 0.3) is 0 Å². The van der Waals surface area contributed by atoms with Gasteiger partial charge in [0.15, 0.2) is 0 Å². The fourth-order valence-corrected chi connectivity index (χ4v) is 5.52. The maximum absolute atomic E-state index is 13.4. The Bertz CT molecular complexity index is 1440. The first-order chi connectivity index (χ1) is 20.8. The third-order valence-electron chi connectivity index (χ3n) is 8.44. The molecule has 1 fully saturated rings. The van der Waals surface area contributed by atoms with E-state index >= 15 is 0 Å². The predicted octanol–water partition coefficient (Wildman–Crippen LogP) is 5.62. The number of halogens is 3. The number of hydrogen-bond acceptors (Lipinski definition) is 5. The maximum Gasteiger partial charge on any atom is 0.416 e. The molecule has 1 saturated heterocycles. The lowest BCUT2D eigenvalue weighted by atomic mass is 9.81. The van der Waals surface area contributed by atoms with Crippen LogP contribution in [0.1, 0.15) is 75.7 Å². The van der Waals surface area contributed by atoms with Gasteiger partial charge in [0.05, 0.1) is 23.8 Å². The molecule has 1 aliphatic heterocycles. The van der Waals surface area contributed by atoms with Crippen molar-refractivity contribution in [1.82, 2.24) is 15.5 Å². The number of benzene rings is 3. The van der Waals surface area contributed by atoms with Crippen LogP contribution in [0.3, 0.4) is 0 Å². The molecule has 44 heavy (non-hydrogen) atoms. The Morgan fingerprint density at radius 1 is 0.977 bits per heavy atom. The monoisotopic (exact) mass is 611 g/mol. The van der Waals surface area contributed by atoms with E-state index in [1.807, 2.05) is 37.3 Å². The number of nitrogens with zero attached hydrogens (tertiary/aromatic N) is 1. The summed E-state index contributed by atoms with van der Waals surface area (Å²) in [6.07, 6.45) is -4.66. The SMILES string of the molecule is Cc1cc(C(=O)N[C@@H](C)[C@H](O)CNC2(c3cccc(C(F)(F)F)c3)CCOCC2)cc(C(=O)N(C)[C@H](C)c2ccccc2)c1. The molecule has 10 heteroatoms. The second-order valence-electron chi connectivity index (χ2n) is 11.6. The number of aliphatic hydroxyl groups excluding tert-OH is 1. The molecular weight excluding hydrogens is 571 g/mol. The summed E-state index contributed by atoms with van der Waals surface area (Å²) in [5.41, 5.74) is 1.30. The quantitative estimate of drug-likeness (QED) is 0.277. The summed E-state index contributed by atoms with van der Waals surface area (Å²) in [6, 6.07) is 18.9. The molecule has 0 saturated carbocycles. The van der Waals surface area contributed by atoms with Crippen molar-refractivity contribution in [2.45, 2.75) is 63.5 Å². The third kappa shape index (κ3) is 7.85. The van der Waals surface area contributed by atoms with Crippen molar-refractivity contribution < 1.29 is 32.6 Å². The Kier molecular flexibility index (Phi) is 10.5. The van der Waals surface area contributed by atoms with Crippen LogP contribution < -0.4 is 10.6 Å². The predicted molar refractivity (Wildman–Crippen MR) is 162 cm³/mol. The van der Waals surface area contributed by atoms with Gasteiger partial charge in [-0.3, -0.25) is 9.59 Å². The molecule has 7 nitrogen and oxygen atoms in total. The molecule has 3 N–H and O–H groups in total. The summed E-state index contributed by atoms with van der Waals surface area (Å²) in [4.78, 5) is 28.2. The minimum Gasteiger partial charge on any atom is -0.390 e. The van der Waals surface area contributed by atoms with Crippen LogP contribution in [-0.2, 0) is 16.5 Å². The van der Waals surface area contributed by atoms with Gasteiger partial charge in [0.1, 0.15) is 0 Å². The molecule has 0 bridgehead atoms. The molecule has 236 valence electrons. The zero-order valence-corrected chi connectivity index (χ0v) is 25.4. The molecule has 0 unspecified atom stereocenters.